The maximum absolute atomic E-state index is 12.5. The number of rotatable bonds is 4. The van der Waals surface area contributed by atoms with Gasteiger partial charge in [-0.15, -0.1) is 21.5 Å². The lowest BCUT2D eigenvalue weighted by molar-refractivity contribution is 0.534. The van der Waals surface area contributed by atoms with Crippen molar-refractivity contribution in [3.8, 4) is 10.8 Å². The second-order valence-electron chi connectivity index (χ2n) is 5.15. The van der Waals surface area contributed by atoms with Gasteiger partial charge in [0.1, 0.15) is 4.21 Å². The Morgan fingerprint density at radius 2 is 1.83 bits per heavy atom. The Hall–Kier alpha value is -2.19. The van der Waals surface area contributed by atoms with E-state index in [0.29, 0.717) is 22.3 Å². The highest BCUT2D eigenvalue weighted by Crippen LogP contribution is 2.31. The molecule has 0 fully saturated rings. The predicted octanol–water partition coefficient (Wildman–Crippen LogP) is 3.52. The number of thiophene rings is 1. The number of hydrogen-bond acceptors (Lipinski definition) is 6. The van der Waals surface area contributed by atoms with E-state index in [2.05, 4.69) is 14.9 Å². The lowest BCUT2D eigenvalue weighted by atomic mass is 10.1. The first-order chi connectivity index (χ1) is 10.8. The summed E-state index contributed by atoms with van der Waals surface area (Å²) in [4.78, 5) is 0.617. The molecular formula is C15H15N3O3S2. The highest BCUT2D eigenvalue weighted by molar-refractivity contribution is 7.94. The third-order valence-electron chi connectivity index (χ3n) is 3.34. The highest BCUT2D eigenvalue weighted by Gasteiger charge is 2.19. The van der Waals surface area contributed by atoms with Gasteiger partial charge in [-0.3, -0.25) is 4.72 Å². The minimum atomic E-state index is -3.64. The van der Waals surface area contributed by atoms with Gasteiger partial charge in [-0.05, 0) is 49.2 Å². The van der Waals surface area contributed by atoms with E-state index in [1.54, 1.807) is 19.1 Å². The van der Waals surface area contributed by atoms with Gasteiger partial charge >= 0.3 is 0 Å². The van der Waals surface area contributed by atoms with E-state index < -0.39 is 10.0 Å². The van der Waals surface area contributed by atoms with E-state index >= 15 is 0 Å². The number of aryl methyl sites for hydroxylation is 3. The topological polar surface area (TPSA) is 85.1 Å². The van der Waals surface area contributed by atoms with Crippen LogP contribution in [0.25, 0.3) is 10.8 Å². The van der Waals surface area contributed by atoms with Crippen molar-refractivity contribution in [2.75, 3.05) is 4.72 Å². The molecule has 2 aromatic heterocycles. The number of anilines is 1. The highest BCUT2D eigenvalue weighted by atomic mass is 32.2. The van der Waals surface area contributed by atoms with Gasteiger partial charge in [0.25, 0.3) is 15.9 Å². The first-order valence-corrected chi connectivity index (χ1v) is 9.15. The summed E-state index contributed by atoms with van der Waals surface area (Å²) in [5.74, 6) is 0.756. The largest absolute Gasteiger partial charge is 0.420 e. The molecule has 0 aliphatic heterocycles. The van der Waals surface area contributed by atoms with Gasteiger partial charge in [-0.25, -0.2) is 8.42 Å². The van der Waals surface area contributed by atoms with Crippen LogP contribution in [0.4, 0.5) is 5.69 Å². The molecule has 2 heterocycles. The van der Waals surface area contributed by atoms with E-state index in [1.807, 2.05) is 26.0 Å². The fourth-order valence-corrected chi connectivity index (χ4v) is 4.26. The Balaban J connectivity index is 1.88. The predicted molar refractivity (Wildman–Crippen MR) is 89.1 cm³/mol. The number of nitrogens with zero attached hydrogens (tertiary/aromatic N) is 2. The number of benzene rings is 1. The second-order valence-corrected chi connectivity index (χ2v) is 8.14. The minimum absolute atomic E-state index is 0.196. The minimum Gasteiger partial charge on any atom is -0.420 e. The summed E-state index contributed by atoms with van der Waals surface area (Å²) in [7, 11) is -3.64. The molecule has 0 atom stereocenters. The van der Waals surface area contributed by atoms with Crippen LogP contribution < -0.4 is 4.72 Å². The molecule has 0 unspecified atom stereocenters. The third-order valence-corrected chi connectivity index (χ3v) is 6.29. The number of aromatic nitrogens is 2. The summed E-state index contributed by atoms with van der Waals surface area (Å²) < 4.78 is 33.1. The van der Waals surface area contributed by atoms with Crippen molar-refractivity contribution in [3.63, 3.8) is 0 Å². The van der Waals surface area contributed by atoms with Gasteiger partial charge in [0.15, 0.2) is 0 Å². The first-order valence-electron chi connectivity index (χ1n) is 6.85. The summed E-state index contributed by atoms with van der Waals surface area (Å²) in [6.45, 7) is 5.60. The van der Waals surface area contributed by atoms with Crippen molar-refractivity contribution in [1.82, 2.24) is 10.2 Å². The molecule has 6 nitrogen and oxygen atoms in total. The van der Waals surface area contributed by atoms with Gasteiger partial charge in [0.05, 0.1) is 4.88 Å². The second kappa shape index (κ2) is 5.78. The first kappa shape index (κ1) is 15.7. The molecule has 0 spiro atoms. The molecule has 23 heavy (non-hydrogen) atoms. The molecular weight excluding hydrogens is 334 g/mol. The SMILES string of the molecule is Cc1nnc(-c2ccc(S(=O)(=O)Nc3ccc(C)c(C)c3)s2)o1. The van der Waals surface area contributed by atoms with Gasteiger partial charge in [0, 0.05) is 12.6 Å². The molecule has 3 aromatic rings. The standard InChI is InChI=1S/C15H15N3O3S2/c1-9-4-5-12(8-10(9)2)18-23(19,20)14-7-6-13(22-14)15-17-16-11(3)21-15/h4-8,18H,1-3H3. The summed E-state index contributed by atoms with van der Waals surface area (Å²) in [6, 6.07) is 8.63. The molecule has 120 valence electrons. The Bertz CT molecular complexity index is 958. The Morgan fingerprint density at radius 1 is 1.04 bits per heavy atom. The van der Waals surface area contributed by atoms with Crippen LogP contribution in [0.3, 0.4) is 0 Å². The molecule has 3 rings (SSSR count). The lowest BCUT2D eigenvalue weighted by Gasteiger charge is -2.08. The molecule has 0 bridgehead atoms. The lowest BCUT2D eigenvalue weighted by Crippen LogP contribution is -2.11. The molecule has 0 radical (unpaired) electrons. The number of nitrogens with one attached hydrogen (secondary N) is 1. The smallest absolute Gasteiger partial charge is 0.271 e. The summed E-state index contributed by atoms with van der Waals surface area (Å²) in [6.07, 6.45) is 0. The van der Waals surface area contributed by atoms with Gasteiger partial charge in [0.2, 0.25) is 5.89 Å². The zero-order valence-electron chi connectivity index (χ0n) is 12.8. The van der Waals surface area contributed by atoms with Crippen molar-refractivity contribution in [2.45, 2.75) is 25.0 Å². The van der Waals surface area contributed by atoms with Crippen molar-refractivity contribution in [2.24, 2.45) is 0 Å². The van der Waals surface area contributed by atoms with Crippen LogP contribution in [-0.4, -0.2) is 18.6 Å². The monoisotopic (exact) mass is 349 g/mol. The van der Waals surface area contributed by atoms with E-state index in [1.165, 1.54) is 6.07 Å². The Labute approximate surface area is 138 Å². The quantitative estimate of drug-likeness (QED) is 0.779. The summed E-state index contributed by atoms with van der Waals surface area (Å²) in [5, 5.41) is 7.64. The zero-order chi connectivity index (χ0) is 16.6. The summed E-state index contributed by atoms with van der Waals surface area (Å²) >= 11 is 1.09. The van der Waals surface area contributed by atoms with E-state index in [0.717, 1.165) is 22.5 Å². The van der Waals surface area contributed by atoms with Crippen LogP contribution in [0, 0.1) is 20.8 Å². The fraction of sp³-hybridized carbons (Fsp3) is 0.200. The van der Waals surface area contributed by atoms with E-state index in [9.17, 15) is 8.42 Å². The normalized spacial score (nSPS) is 11.6. The van der Waals surface area contributed by atoms with Crippen molar-refractivity contribution < 1.29 is 12.8 Å². The van der Waals surface area contributed by atoms with Crippen LogP contribution in [-0.2, 0) is 10.0 Å². The fourth-order valence-electron chi connectivity index (χ4n) is 1.99. The van der Waals surface area contributed by atoms with Crippen LogP contribution in [0.2, 0.25) is 0 Å². The van der Waals surface area contributed by atoms with Gasteiger partial charge < -0.3 is 4.42 Å². The molecule has 1 N–H and O–H groups in total. The van der Waals surface area contributed by atoms with Crippen molar-refractivity contribution >= 4 is 27.0 Å². The average molecular weight is 349 g/mol. The van der Waals surface area contributed by atoms with Crippen LogP contribution in [0.5, 0.6) is 0 Å². The van der Waals surface area contributed by atoms with Crippen LogP contribution in [0.1, 0.15) is 17.0 Å². The number of sulfonamides is 1. The molecule has 0 aliphatic carbocycles. The maximum atomic E-state index is 12.5. The average Bonchev–Trinajstić information content (AvgIpc) is 3.11. The molecule has 0 amide bonds. The molecule has 0 saturated carbocycles. The van der Waals surface area contributed by atoms with E-state index in [-0.39, 0.29) is 4.21 Å². The van der Waals surface area contributed by atoms with E-state index in [4.69, 9.17) is 4.42 Å². The van der Waals surface area contributed by atoms with Gasteiger partial charge in [-0.2, -0.15) is 0 Å². The third kappa shape index (κ3) is 3.27. The number of hydrogen-bond donors (Lipinski definition) is 1. The zero-order valence-corrected chi connectivity index (χ0v) is 14.5. The van der Waals surface area contributed by atoms with Crippen molar-refractivity contribution in [3.05, 3.63) is 47.3 Å². The molecule has 1 aromatic carbocycles. The Kier molecular flexibility index (Phi) is 3.95. The Morgan fingerprint density at radius 3 is 2.48 bits per heavy atom. The van der Waals surface area contributed by atoms with Gasteiger partial charge in [-0.1, -0.05) is 6.07 Å². The molecule has 0 aliphatic rings. The molecule has 8 heteroatoms. The summed E-state index contributed by atoms with van der Waals surface area (Å²) in [5.41, 5.74) is 2.67. The molecule has 0 saturated heterocycles. The maximum Gasteiger partial charge on any atom is 0.271 e. The van der Waals surface area contributed by atoms with Crippen LogP contribution >= 0.6 is 11.3 Å². The van der Waals surface area contributed by atoms with Crippen molar-refractivity contribution in [1.29, 1.82) is 0 Å². The van der Waals surface area contributed by atoms with Crippen LogP contribution in [0.15, 0.2) is 39.0 Å².